The molecule has 0 bridgehead atoms. The van der Waals surface area contributed by atoms with E-state index in [9.17, 15) is 9.59 Å². The summed E-state index contributed by atoms with van der Waals surface area (Å²) < 4.78 is 0. The molecule has 1 aromatic heterocycles. The van der Waals surface area contributed by atoms with E-state index >= 15 is 0 Å². The molecule has 0 saturated heterocycles. The Kier molecular flexibility index (Phi) is 7.90. The Morgan fingerprint density at radius 2 is 1.96 bits per heavy atom. The zero-order valence-corrected chi connectivity index (χ0v) is 14.5. The first-order chi connectivity index (χ1) is 12.2. The Labute approximate surface area is 149 Å². The number of nitriles is 1. The molecule has 1 atom stereocenters. The lowest BCUT2D eigenvalue weighted by Gasteiger charge is -2.25. The molecule has 1 fully saturated rings. The van der Waals surface area contributed by atoms with Crippen molar-refractivity contribution in [2.75, 3.05) is 13.1 Å². The van der Waals surface area contributed by atoms with Crippen LogP contribution in [0.15, 0.2) is 24.4 Å². The van der Waals surface area contributed by atoms with Crippen LogP contribution in [-0.2, 0) is 16.0 Å². The Morgan fingerprint density at radius 3 is 2.64 bits per heavy atom. The fourth-order valence-electron chi connectivity index (χ4n) is 3.32. The number of aromatic nitrogens is 1. The van der Waals surface area contributed by atoms with Crippen molar-refractivity contribution in [3.8, 4) is 6.07 Å². The van der Waals surface area contributed by atoms with Crippen LogP contribution in [0, 0.1) is 23.2 Å². The highest BCUT2D eigenvalue weighted by Gasteiger charge is 2.30. The lowest BCUT2D eigenvalue weighted by Crippen LogP contribution is -2.43. The summed E-state index contributed by atoms with van der Waals surface area (Å²) in [7, 11) is 0. The molecule has 134 valence electrons. The van der Waals surface area contributed by atoms with Crippen molar-refractivity contribution in [1.29, 1.82) is 5.26 Å². The number of hydrogen-bond donors (Lipinski definition) is 2. The predicted octanol–water partition coefficient (Wildman–Crippen LogP) is 1.97. The van der Waals surface area contributed by atoms with Gasteiger partial charge in [-0.3, -0.25) is 14.6 Å². The van der Waals surface area contributed by atoms with Crippen LogP contribution in [0.25, 0.3) is 0 Å². The maximum atomic E-state index is 12.5. The lowest BCUT2D eigenvalue weighted by molar-refractivity contribution is -0.136. The van der Waals surface area contributed by atoms with E-state index in [4.69, 9.17) is 5.26 Å². The first-order valence-electron chi connectivity index (χ1n) is 9.03. The van der Waals surface area contributed by atoms with Crippen LogP contribution in [-0.4, -0.2) is 29.9 Å². The van der Waals surface area contributed by atoms with Gasteiger partial charge in [0.05, 0.1) is 6.07 Å². The second kappa shape index (κ2) is 10.4. The number of amides is 2. The van der Waals surface area contributed by atoms with Crippen molar-refractivity contribution in [2.45, 2.75) is 44.9 Å². The molecule has 2 rings (SSSR count). The zero-order valence-electron chi connectivity index (χ0n) is 14.5. The third-order valence-corrected chi connectivity index (χ3v) is 4.67. The van der Waals surface area contributed by atoms with Crippen molar-refractivity contribution < 1.29 is 9.59 Å². The van der Waals surface area contributed by atoms with E-state index in [1.807, 2.05) is 24.3 Å². The van der Waals surface area contributed by atoms with Crippen molar-refractivity contribution in [3.63, 3.8) is 0 Å². The minimum absolute atomic E-state index is 0.0682. The Hall–Kier alpha value is -2.42. The number of hydrogen-bond acceptors (Lipinski definition) is 4. The molecule has 25 heavy (non-hydrogen) atoms. The van der Waals surface area contributed by atoms with Gasteiger partial charge in [-0.05, 0) is 24.5 Å². The number of carbonyl (C=O) groups excluding carboxylic acids is 2. The molecule has 1 aliphatic rings. The first-order valence-corrected chi connectivity index (χ1v) is 9.03. The molecule has 1 unspecified atom stereocenters. The van der Waals surface area contributed by atoms with E-state index < -0.39 is 5.92 Å². The molecule has 0 aliphatic heterocycles. The summed E-state index contributed by atoms with van der Waals surface area (Å²) in [6.45, 7) is 0.379. The van der Waals surface area contributed by atoms with Crippen LogP contribution in [0.2, 0.25) is 0 Å². The summed E-state index contributed by atoms with van der Waals surface area (Å²) in [5.41, 5.74) is 0.903. The number of pyridine rings is 1. The topological polar surface area (TPSA) is 94.9 Å². The second-order valence-electron chi connectivity index (χ2n) is 6.53. The van der Waals surface area contributed by atoms with Gasteiger partial charge in [-0.2, -0.15) is 5.26 Å². The molecule has 2 N–H and O–H groups in total. The maximum Gasteiger partial charge on any atom is 0.233 e. The van der Waals surface area contributed by atoms with E-state index in [-0.39, 0.29) is 18.4 Å². The summed E-state index contributed by atoms with van der Waals surface area (Å²) >= 11 is 0. The molecular formula is C19H26N4O2. The largest absolute Gasteiger partial charge is 0.355 e. The zero-order chi connectivity index (χ0) is 17.9. The third-order valence-electron chi connectivity index (χ3n) is 4.67. The number of nitrogens with one attached hydrogen (secondary N) is 2. The maximum absolute atomic E-state index is 12.5. The van der Waals surface area contributed by atoms with Gasteiger partial charge in [-0.1, -0.05) is 38.2 Å². The van der Waals surface area contributed by atoms with Gasteiger partial charge in [0, 0.05) is 24.9 Å². The minimum atomic E-state index is -0.722. The van der Waals surface area contributed by atoms with Gasteiger partial charge in [0.15, 0.2) is 0 Å². The summed E-state index contributed by atoms with van der Waals surface area (Å²) in [5, 5.41) is 14.0. The van der Waals surface area contributed by atoms with Crippen LogP contribution in [0.3, 0.4) is 0 Å². The van der Waals surface area contributed by atoms with Gasteiger partial charge < -0.3 is 10.6 Å². The number of rotatable bonds is 8. The predicted molar refractivity (Wildman–Crippen MR) is 94.3 cm³/mol. The van der Waals surface area contributed by atoms with Crippen LogP contribution < -0.4 is 10.6 Å². The summed E-state index contributed by atoms with van der Waals surface area (Å²) in [6.07, 6.45) is 8.62. The molecule has 6 heteroatoms. The fourth-order valence-corrected chi connectivity index (χ4v) is 3.32. The van der Waals surface area contributed by atoms with Gasteiger partial charge in [0.25, 0.3) is 0 Å². The monoisotopic (exact) mass is 342 g/mol. The van der Waals surface area contributed by atoms with Gasteiger partial charge in [-0.15, -0.1) is 0 Å². The minimum Gasteiger partial charge on any atom is -0.355 e. The van der Waals surface area contributed by atoms with E-state index in [2.05, 4.69) is 15.6 Å². The van der Waals surface area contributed by atoms with Gasteiger partial charge >= 0.3 is 0 Å². The molecule has 1 aromatic rings. The van der Waals surface area contributed by atoms with Gasteiger partial charge in [-0.25, -0.2) is 0 Å². The molecular weight excluding hydrogens is 316 g/mol. The SMILES string of the molecule is N#CCNC(=O)C(CC1CCCCC1)C(=O)NCCc1ccccn1. The second-order valence-corrected chi connectivity index (χ2v) is 6.53. The fraction of sp³-hybridized carbons (Fsp3) is 0.579. The normalized spacial score (nSPS) is 15.8. The summed E-state index contributed by atoms with van der Waals surface area (Å²) in [5.74, 6) is -0.910. The number of nitrogens with zero attached hydrogens (tertiary/aromatic N) is 2. The average molecular weight is 342 g/mol. The molecule has 0 radical (unpaired) electrons. The van der Waals surface area contributed by atoms with Crippen molar-refractivity contribution >= 4 is 11.8 Å². The molecule has 0 aromatic carbocycles. The average Bonchev–Trinajstić information content (AvgIpc) is 2.65. The third kappa shape index (κ3) is 6.54. The highest BCUT2D eigenvalue weighted by molar-refractivity contribution is 6.00. The van der Waals surface area contributed by atoms with Crippen molar-refractivity contribution in [2.24, 2.45) is 11.8 Å². The van der Waals surface area contributed by atoms with Crippen molar-refractivity contribution in [1.82, 2.24) is 15.6 Å². The molecule has 6 nitrogen and oxygen atoms in total. The quantitative estimate of drug-likeness (QED) is 0.558. The van der Waals surface area contributed by atoms with E-state index in [1.165, 1.54) is 19.3 Å². The molecule has 1 aliphatic carbocycles. The van der Waals surface area contributed by atoms with E-state index in [0.29, 0.717) is 25.3 Å². The Balaban J connectivity index is 1.89. The Bertz CT molecular complexity index is 591. The van der Waals surface area contributed by atoms with E-state index in [0.717, 1.165) is 18.5 Å². The highest BCUT2D eigenvalue weighted by Crippen LogP contribution is 2.29. The van der Waals surface area contributed by atoms with Gasteiger partial charge in [0.1, 0.15) is 12.5 Å². The summed E-state index contributed by atoms with van der Waals surface area (Å²) in [6, 6.07) is 7.55. The van der Waals surface area contributed by atoms with Crippen LogP contribution in [0.1, 0.15) is 44.2 Å². The highest BCUT2D eigenvalue weighted by atomic mass is 16.2. The lowest BCUT2D eigenvalue weighted by atomic mass is 9.82. The van der Waals surface area contributed by atoms with Crippen LogP contribution in [0.4, 0.5) is 0 Å². The van der Waals surface area contributed by atoms with Crippen LogP contribution >= 0.6 is 0 Å². The first kappa shape index (κ1) is 18.9. The van der Waals surface area contributed by atoms with E-state index in [1.54, 1.807) is 6.20 Å². The van der Waals surface area contributed by atoms with Crippen molar-refractivity contribution in [3.05, 3.63) is 30.1 Å². The molecule has 0 spiro atoms. The molecule has 1 saturated carbocycles. The number of carbonyl (C=O) groups is 2. The summed E-state index contributed by atoms with van der Waals surface area (Å²) in [4.78, 5) is 29.1. The van der Waals surface area contributed by atoms with Crippen LogP contribution in [0.5, 0.6) is 0 Å². The Morgan fingerprint density at radius 1 is 1.20 bits per heavy atom. The standard InChI is InChI=1S/C19H26N4O2/c20-10-13-23-19(25)17(14-15-6-2-1-3-7-15)18(24)22-12-9-16-8-4-5-11-21-16/h4-5,8,11,15,17H,1-3,6-7,9,12-14H2,(H,22,24)(H,23,25). The van der Waals surface area contributed by atoms with Gasteiger partial charge in [0.2, 0.25) is 11.8 Å². The molecule has 2 amide bonds. The molecule has 1 heterocycles. The smallest absolute Gasteiger partial charge is 0.233 e.